The third-order valence-corrected chi connectivity index (χ3v) is 3.80. The molecular formula is C12H16N6O2. The van der Waals surface area contributed by atoms with Gasteiger partial charge in [-0.2, -0.15) is 4.52 Å². The molecule has 8 nitrogen and oxygen atoms in total. The first-order chi connectivity index (χ1) is 9.69. The van der Waals surface area contributed by atoms with E-state index in [-0.39, 0.29) is 6.42 Å². The van der Waals surface area contributed by atoms with Crippen LogP contribution in [-0.4, -0.2) is 41.6 Å². The van der Waals surface area contributed by atoms with Crippen molar-refractivity contribution in [2.75, 3.05) is 5.32 Å². The molecular weight excluding hydrogens is 260 g/mol. The molecule has 20 heavy (non-hydrogen) atoms. The second kappa shape index (κ2) is 5.03. The summed E-state index contributed by atoms with van der Waals surface area (Å²) in [5, 5.41) is 23.9. The number of tetrazole rings is 1. The van der Waals surface area contributed by atoms with E-state index in [4.69, 9.17) is 0 Å². The minimum absolute atomic E-state index is 0.0888. The molecule has 8 heteroatoms. The first-order valence-corrected chi connectivity index (χ1v) is 6.71. The molecule has 2 aromatic heterocycles. The Bertz CT molecular complexity index is 619. The van der Waals surface area contributed by atoms with Crippen LogP contribution in [0.15, 0.2) is 12.4 Å². The molecule has 2 aromatic rings. The molecule has 0 aromatic carbocycles. The van der Waals surface area contributed by atoms with Crippen molar-refractivity contribution in [3.8, 4) is 0 Å². The third kappa shape index (κ3) is 2.40. The van der Waals surface area contributed by atoms with Crippen LogP contribution in [0.5, 0.6) is 0 Å². The molecule has 106 valence electrons. The summed E-state index contributed by atoms with van der Waals surface area (Å²) in [4.78, 5) is 15.3. The minimum atomic E-state index is -0.795. The number of anilines is 1. The summed E-state index contributed by atoms with van der Waals surface area (Å²) in [6.45, 7) is 0. The quantitative estimate of drug-likeness (QED) is 0.861. The van der Waals surface area contributed by atoms with Crippen LogP contribution < -0.4 is 5.32 Å². The standard InChI is InChI=1S/C12H16N6O2/c19-11(20)6-12(4-2-1-3-5-12)14-9-7-13-8-10-15-16-17-18(9)10/h7-8,14H,1-6H2,(H,19,20). The molecule has 1 saturated carbocycles. The van der Waals surface area contributed by atoms with Gasteiger partial charge in [-0.3, -0.25) is 9.78 Å². The Kier molecular flexibility index (Phi) is 3.21. The van der Waals surface area contributed by atoms with Crippen LogP contribution in [0.25, 0.3) is 5.65 Å². The monoisotopic (exact) mass is 276 g/mol. The van der Waals surface area contributed by atoms with Crippen molar-refractivity contribution in [2.45, 2.75) is 44.1 Å². The highest BCUT2D eigenvalue weighted by molar-refractivity contribution is 5.69. The number of carboxylic acid groups (broad SMARTS) is 1. The van der Waals surface area contributed by atoms with E-state index in [0.29, 0.717) is 11.5 Å². The molecule has 2 N–H and O–H groups in total. The van der Waals surface area contributed by atoms with Crippen molar-refractivity contribution >= 4 is 17.4 Å². The molecule has 0 atom stereocenters. The molecule has 0 saturated heterocycles. The number of fused-ring (bicyclic) bond motifs is 1. The van der Waals surface area contributed by atoms with Gasteiger partial charge in [-0.15, -0.1) is 5.10 Å². The van der Waals surface area contributed by atoms with Gasteiger partial charge in [0.1, 0.15) is 0 Å². The lowest BCUT2D eigenvalue weighted by atomic mass is 9.79. The fourth-order valence-electron chi connectivity index (χ4n) is 2.90. The highest BCUT2D eigenvalue weighted by Crippen LogP contribution is 2.34. The van der Waals surface area contributed by atoms with Crippen molar-refractivity contribution in [2.24, 2.45) is 0 Å². The lowest BCUT2D eigenvalue weighted by Gasteiger charge is -2.37. The van der Waals surface area contributed by atoms with Gasteiger partial charge < -0.3 is 10.4 Å². The lowest BCUT2D eigenvalue weighted by molar-refractivity contribution is -0.138. The number of nitrogens with one attached hydrogen (secondary N) is 1. The Morgan fingerprint density at radius 3 is 2.90 bits per heavy atom. The van der Waals surface area contributed by atoms with Crippen molar-refractivity contribution < 1.29 is 9.90 Å². The Morgan fingerprint density at radius 1 is 1.35 bits per heavy atom. The average molecular weight is 276 g/mol. The number of aliphatic carboxylic acids is 1. The second-order valence-electron chi connectivity index (χ2n) is 5.28. The van der Waals surface area contributed by atoms with Crippen LogP contribution in [0.3, 0.4) is 0 Å². The summed E-state index contributed by atoms with van der Waals surface area (Å²) >= 11 is 0. The lowest BCUT2D eigenvalue weighted by Crippen LogP contribution is -2.43. The fourth-order valence-corrected chi connectivity index (χ4v) is 2.90. The summed E-state index contributed by atoms with van der Waals surface area (Å²) < 4.78 is 1.55. The molecule has 3 rings (SSSR count). The molecule has 0 radical (unpaired) electrons. The van der Waals surface area contributed by atoms with E-state index in [9.17, 15) is 9.90 Å². The van der Waals surface area contributed by atoms with Crippen LogP contribution in [0.2, 0.25) is 0 Å². The predicted molar refractivity (Wildman–Crippen MR) is 70.3 cm³/mol. The van der Waals surface area contributed by atoms with E-state index in [1.807, 2.05) is 0 Å². The smallest absolute Gasteiger partial charge is 0.305 e. The zero-order valence-corrected chi connectivity index (χ0v) is 11.0. The van der Waals surface area contributed by atoms with E-state index in [1.165, 1.54) is 0 Å². The molecule has 1 fully saturated rings. The van der Waals surface area contributed by atoms with Gasteiger partial charge in [-0.25, -0.2) is 0 Å². The molecule has 0 amide bonds. The molecule has 2 heterocycles. The number of carboxylic acids is 1. The number of carbonyl (C=O) groups is 1. The van der Waals surface area contributed by atoms with Crippen molar-refractivity contribution in [3.05, 3.63) is 12.4 Å². The summed E-state index contributed by atoms with van der Waals surface area (Å²) in [5.74, 6) is -0.160. The Morgan fingerprint density at radius 2 is 2.15 bits per heavy atom. The van der Waals surface area contributed by atoms with E-state index in [2.05, 4.69) is 25.8 Å². The highest BCUT2D eigenvalue weighted by atomic mass is 16.4. The van der Waals surface area contributed by atoms with Gasteiger partial charge >= 0.3 is 5.97 Å². The molecule has 0 spiro atoms. The zero-order chi connectivity index (χ0) is 14.0. The normalized spacial score (nSPS) is 18.0. The van der Waals surface area contributed by atoms with Gasteiger partial charge in [0.2, 0.25) is 0 Å². The van der Waals surface area contributed by atoms with E-state index < -0.39 is 11.5 Å². The van der Waals surface area contributed by atoms with Gasteiger partial charge in [-0.05, 0) is 23.3 Å². The van der Waals surface area contributed by atoms with Crippen molar-refractivity contribution in [1.29, 1.82) is 0 Å². The maximum absolute atomic E-state index is 11.2. The first-order valence-electron chi connectivity index (χ1n) is 6.71. The number of aromatic nitrogens is 5. The molecule has 1 aliphatic rings. The van der Waals surface area contributed by atoms with Crippen LogP contribution >= 0.6 is 0 Å². The summed E-state index contributed by atoms with van der Waals surface area (Å²) in [6.07, 6.45) is 8.15. The van der Waals surface area contributed by atoms with Gasteiger partial charge in [0.25, 0.3) is 0 Å². The second-order valence-corrected chi connectivity index (χ2v) is 5.28. The SMILES string of the molecule is O=C(O)CC1(Nc2cncc3nnnn23)CCCCC1. The van der Waals surface area contributed by atoms with Gasteiger partial charge in [-0.1, -0.05) is 19.3 Å². The van der Waals surface area contributed by atoms with Gasteiger partial charge in [0, 0.05) is 5.54 Å². The summed E-state index contributed by atoms with van der Waals surface area (Å²) in [7, 11) is 0. The van der Waals surface area contributed by atoms with E-state index >= 15 is 0 Å². The summed E-state index contributed by atoms with van der Waals surface area (Å²) in [6, 6.07) is 0. The maximum Gasteiger partial charge on any atom is 0.305 e. The van der Waals surface area contributed by atoms with E-state index in [1.54, 1.807) is 16.9 Å². The first kappa shape index (κ1) is 12.8. The van der Waals surface area contributed by atoms with E-state index in [0.717, 1.165) is 32.1 Å². The topological polar surface area (TPSA) is 105 Å². The largest absolute Gasteiger partial charge is 0.481 e. The number of rotatable bonds is 4. The number of nitrogens with zero attached hydrogens (tertiary/aromatic N) is 5. The molecule has 1 aliphatic carbocycles. The Labute approximate surface area is 115 Å². The number of hydrogen-bond acceptors (Lipinski definition) is 6. The fraction of sp³-hybridized carbons (Fsp3) is 0.583. The maximum atomic E-state index is 11.2. The highest BCUT2D eigenvalue weighted by Gasteiger charge is 2.35. The van der Waals surface area contributed by atoms with Crippen LogP contribution in [0.1, 0.15) is 38.5 Å². The van der Waals surface area contributed by atoms with Crippen LogP contribution in [0.4, 0.5) is 5.82 Å². The number of hydrogen-bond donors (Lipinski definition) is 2. The van der Waals surface area contributed by atoms with Gasteiger partial charge in [0.15, 0.2) is 11.5 Å². The van der Waals surface area contributed by atoms with Crippen LogP contribution in [0, 0.1) is 0 Å². The Balaban J connectivity index is 1.92. The zero-order valence-electron chi connectivity index (χ0n) is 11.0. The van der Waals surface area contributed by atoms with Crippen molar-refractivity contribution in [3.63, 3.8) is 0 Å². The van der Waals surface area contributed by atoms with Crippen LogP contribution in [-0.2, 0) is 4.79 Å². The summed E-state index contributed by atoms with van der Waals surface area (Å²) in [5.41, 5.74) is 0.0997. The predicted octanol–water partition coefficient (Wildman–Crippen LogP) is 1.11. The Hall–Kier alpha value is -2.25. The van der Waals surface area contributed by atoms with Gasteiger partial charge in [0.05, 0.1) is 18.8 Å². The molecule has 0 aliphatic heterocycles. The third-order valence-electron chi connectivity index (χ3n) is 3.80. The van der Waals surface area contributed by atoms with Crippen molar-refractivity contribution in [1.82, 2.24) is 25.0 Å². The molecule has 0 bridgehead atoms. The average Bonchev–Trinajstić information content (AvgIpc) is 2.88. The molecule has 0 unspecified atom stereocenters. The minimum Gasteiger partial charge on any atom is -0.481 e.